The zero-order valence-corrected chi connectivity index (χ0v) is 14.2. The molecule has 0 saturated heterocycles. The first-order valence-corrected chi connectivity index (χ1v) is 10.5. The molecule has 0 aliphatic heterocycles. The van der Waals surface area contributed by atoms with Crippen molar-refractivity contribution in [1.82, 2.24) is 0 Å². The Kier molecular flexibility index (Phi) is 12.4. The molecule has 1 atom stereocenters. The second kappa shape index (κ2) is 12.5. The van der Waals surface area contributed by atoms with E-state index in [1.807, 2.05) is 6.26 Å². The predicted molar refractivity (Wildman–Crippen MR) is 90.0 cm³/mol. The Bertz CT molecular complexity index is 242. The number of unbranched alkanes of at least 4 members (excludes halogenated alkanes) is 9. The van der Waals surface area contributed by atoms with Crippen LogP contribution in [0.15, 0.2) is 0 Å². The molecule has 0 rings (SSSR count). The number of rotatable bonds is 14. The molecule has 0 aliphatic carbocycles. The van der Waals surface area contributed by atoms with Crippen LogP contribution in [0.1, 0.15) is 77.6 Å². The fourth-order valence-corrected chi connectivity index (χ4v) is 3.95. The van der Waals surface area contributed by atoms with Crippen molar-refractivity contribution in [1.29, 1.82) is 0 Å². The Hall–Kier alpha value is -0.220. The molecular weight excluding hydrogens is 272 g/mol. The van der Waals surface area contributed by atoms with Gasteiger partial charge in [-0.2, -0.15) is 0 Å². The summed E-state index contributed by atoms with van der Waals surface area (Å²) < 4.78 is 10.1. The Labute approximate surface area is 126 Å². The van der Waals surface area contributed by atoms with Gasteiger partial charge in [-0.1, -0.05) is 64.7 Å². The summed E-state index contributed by atoms with van der Waals surface area (Å²) in [4.78, 5) is 10.5. The standard InChI is InChI=1S/C16H34O3S/c1-3-4-5-6-7-8-9-10-11-12-14-20(2,19)15-13-16(17)18/h19H,3-15H2,1-2H3,(H,17,18). The first-order valence-electron chi connectivity index (χ1n) is 8.16. The van der Waals surface area contributed by atoms with Crippen LogP contribution in [0.2, 0.25) is 0 Å². The third-order valence-electron chi connectivity index (χ3n) is 3.69. The van der Waals surface area contributed by atoms with E-state index in [9.17, 15) is 9.35 Å². The average Bonchev–Trinajstić information content (AvgIpc) is 2.39. The first-order chi connectivity index (χ1) is 9.48. The molecule has 0 aromatic heterocycles. The lowest BCUT2D eigenvalue weighted by Crippen LogP contribution is -2.10. The summed E-state index contributed by atoms with van der Waals surface area (Å²) in [6.45, 7) is 2.24. The van der Waals surface area contributed by atoms with Gasteiger partial charge in [0.2, 0.25) is 0 Å². The fourth-order valence-electron chi connectivity index (χ4n) is 2.31. The van der Waals surface area contributed by atoms with Crippen molar-refractivity contribution in [3.63, 3.8) is 0 Å². The molecule has 3 nitrogen and oxygen atoms in total. The highest BCUT2D eigenvalue weighted by molar-refractivity contribution is 8.28. The van der Waals surface area contributed by atoms with E-state index in [1.54, 1.807) is 0 Å². The summed E-state index contributed by atoms with van der Waals surface area (Å²) in [7, 11) is -1.67. The van der Waals surface area contributed by atoms with Gasteiger partial charge in [0.25, 0.3) is 0 Å². The number of hydrogen-bond donors (Lipinski definition) is 2. The molecule has 0 fully saturated rings. The lowest BCUT2D eigenvalue weighted by molar-refractivity contribution is -0.136. The van der Waals surface area contributed by atoms with Crippen LogP contribution < -0.4 is 0 Å². The second-order valence-corrected chi connectivity index (χ2v) is 9.22. The highest BCUT2D eigenvalue weighted by Crippen LogP contribution is 2.40. The van der Waals surface area contributed by atoms with Gasteiger partial charge in [-0.25, -0.2) is 0 Å². The molecule has 1 unspecified atom stereocenters. The minimum Gasteiger partial charge on any atom is -0.481 e. The van der Waals surface area contributed by atoms with E-state index in [0.29, 0.717) is 5.75 Å². The Morgan fingerprint density at radius 3 is 1.75 bits per heavy atom. The number of carboxylic acid groups (broad SMARTS) is 1. The van der Waals surface area contributed by atoms with Crippen LogP contribution in [0.25, 0.3) is 0 Å². The van der Waals surface area contributed by atoms with E-state index in [1.165, 1.54) is 57.8 Å². The Morgan fingerprint density at radius 2 is 1.30 bits per heavy atom. The van der Waals surface area contributed by atoms with Gasteiger partial charge >= 0.3 is 5.97 Å². The molecule has 0 aromatic carbocycles. The van der Waals surface area contributed by atoms with Crippen molar-refractivity contribution in [3.8, 4) is 0 Å². The van der Waals surface area contributed by atoms with Crippen LogP contribution in [-0.2, 0) is 4.79 Å². The average molecular weight is 307 g/mol. The van der Waals surface area contributed by atoms with Crippen molar-refractivity contribution in [2.24, 2.45) is 0 Å². The van der Waals surface area contributed by atoms with Crippen LogP contribution in [0, 0.1) is 0 Å². The van der Waals surface area contributed by atoms with Gasteiger partial charge in [0.1, 0.15) is 0 Å². The van der Waals surface area contributed by atoms with Gasteiger partial charge in [-0.3, -0.25) is 4.79 Å². The molecular formula is C16H34O3S. The topological polar surface area (TPSA) is 57.5 Å². The number of carbonyl (C=O) groups is 1. The van der Waals surface area contributed by atoms with Gasteiger partial charge in [-0.15, -0.1) is 10.3 Å². The second-order valence-electron chi connectivity index (χ2n) is 5.96. The van der Waals surface area contributed by atoms with E-state index in [-0.39, 0.29) is 6.42 Å². The van der Waals surface area contributed by atoms with E-state index >= 15 is 0 Å². The quantitative estimate of drug-likeness (QED) is 0.429. The molecule has 0 bridgehead atoms. The molecule has 0 saturated carbocycles. The van der Waals surface area contributed by atoms with Gasteiger partial charge in [0.15, 0.2) is 0 Å². The van der Waals surface area contributed by atoms with Crippen molar-refractivity contribution < 1.29 is 14.5 Å². The van der Waals surface area contributed by atoms with E-state index in [0.717, 1.165) is 12.2 Å². The summed E-state index contributed by atoms with van der Waals surface area (Å²) in [5.74, 6) is 0.442. The molecule has 0 aromatic rings. The smallest absolute Gasteiger partial charge is 0.304 e. The summed E-state index contributed by atoms with van der Waals surface area (Å²) >= 11 is 0. The number of carboxylic acids is 1. The molecule has 0 radical (unpaired) electrons. The van der Waals surface area contributed by atoms with Crippen molar-refractivity contribution in [2.75, 3.05) is 17.8 Å². The molecule has 0 spiro atoms. The zero-order chi connectivity index (χ0) is 15.3. The lowest BCUT2D eigenvalue weighted by Gasteiger charge is -2.28. The maximum absolute atomic E-state index is 10.5. The van der Waals surface area contributed by atoms with Gasteiger partial charge in [0.05, 0.1) is 6.42 Å². The molecule has 4 heteroatoms. The normalized spacial score (nSPS) is 15.8. The van der Waals surface area contributed by atoms with E-state index in [2.05, 4.69) is 6.92 Å². The van der Waals surface area contributed by atoms with Gasteiger partial charge in [0, 0.05) is 5.75 Å². The highest BCUT2D eigenvalue weighted by atomic mass is 32.3. The SMILES string of the molecule is CCCCCCCCCCCCS(C)(O)CCC(=O)O. The van der Waals surface area contributed by atoms with Gasteiger partial charge < -0.3 is 9.66 Å². The van der Waals surface area contributed by atoms with Crippen LogP contribution in [0.3, 0.4) is 0 Å². The number of aliphatic carboxylic acids is 1. The summed E-state index contributed by atoms with van der Waals surface area (Å²) in [6, 6.07) is 0. The largest absolute Gasteiger partial charge is 0.481 e. The van der Waals surface area contributed by atoms with Gasteiger partial charge in [-0.05, 0) is 18.4 Å². The molecule has 20 heavy (non-hydrogen) atoms. The molecule has 0 heterocycles. The van der Waals surface area contributed by atoms with Crippen LogP contribution in [0.5, 0.6) is 0 Å². The minimum atomic E-state index is -1.67. The van der Waals surface area contributed by atoms with Crippen molar-refractivity contribution in [3.05, 3.63) is 0 Å². The summed E-state index contributed by atoms with van der Waals surface area (Å²) in [5, 5.41) is 8.63. The molecule has 0 amide bonds. The third kappa shape index (κ3) is 14.2. The Morgan fingerprint density at radius 1 is 0.850 bits per heavy atom. The lowest BCUT2D eigenvalue weighted by atomic mass is 10.1. The van der Waals surface area contributed by atoms with Crippen LogP contribution >= 0.6 is 10.3 Å². The minimum absolute atomic E-state index is 0.0973. The van der Waals surface area contributed by atoms with Crippen molar-refractivity contribution >= 4 is 16.3 Å². The molecule has 2 N–H and O–H groups in total. The maximum Gasteiger partial charge on any atom is 0.304 e. The predicted octanol–water partition coefficient (Wildman–Crippen LogP) is 5.29. The van der Waals surface area contributed by atoms with Crippen molar-refractivity contribution in [2.45, 2.75) is 77.6 Å². The highest BCUT2D eigenvalue weighted by Gasteiger charge is 2.15. The van der Waals surface area contributed by atoms with E-state index in [4.69, 9.17) is 5.11 Å². The Balaban J connectivity index is 3.32. The van der Waals surface area contributed by atoms with Crippen LogP contribution in [-0.4, -0.2) is 33.4 Å². The summed E-state index contributed by atoms with van der Waals surface area (Å²) in [6.07, 6.45) is 14.8. The monoisotopic (exact) mass is 306 g/mol. The molecule has 122 valence electrons. The van der Waals surface area contributed by atoms with Crippen LogP contribution in [0.4, 0.5) is 0 Å². The third-order valence-corrected chi connectivity index (χ3v) is 5.95. The maximum atomic E-state index is 10.5. The summed E-state index contributed by atoms with van der Waals surface area (Å²) in [5.41, 5.74) is 0. The fraction of sp³-hybridized carbons (Fsp3) is 0.938. The molecule has 0 aliphatic rings. The first kappa shape index (κ1) is 19.8. The zero-order valence-electron chi connectivity index (χ0n) is 13.4. The van der Waals surface area contributed by atoms with E-state index < -0.39 is 16.3 Å². The number of hydrogen-bond acceptors (Lipinski definition) is 2.